The number of amides is 2. The maximum atomic E-state index is 12.8. The highest BCUT2D eigenvalue weighted by molar-refractivity contribution is 7.13. The molecule has 10 heteroatoms. The predicted molar refractivity (Wildman–Crippen MR) is 98.3 cm³/mol. The van der Waals surface area contributed by atoms with Gasteiger partial charge in [-0.3, -0.25) is 20.4 Å². The first-order valence-electron chi connectivity index (χ1n) is 8.19. The van der Waals surface area contributed by atoms with Gasteiger partial charge in [-0.1, -0.05) is 12.1 Å². The van der Waals surface area contributed by atoms with E-state index in [9.17, 15) is 27.2 Å². The molecule has 150 valence electrons. The summed E-state index contributed by atoms with van der Waals surface area (Å²) < 4.78 is 50.7. The standard InChI is InChI=1S/C19H13F4N3O2S/c20-14-7-3-11(4-8-14)17(28)26-25-16(27)9-15-10-29-18(24-15)12-1-5-13(6-2-12)19(21,22)23/h1-8,10H,9H2,(H,25,27)(H,26,28). The van der Waals surface area contributed by atoms with Crippen LogP contribution in [0.25, 0.3) is 10.6 Å². The highest BCUT2D eigenvalue weighted by Crippen LogP contribution is 2.31. The van der Waals surface area contributed by atoms with Gasteiger partial charge in [0.25, 0.3) is 5.91 Å². The number of hydrogen-bond donors (Lipinski definition) is 2. The minimum Gasteiger partial charge on any atom is -0.273 e. The zero-order chi connectivity index (χ0) is 21.0. The molecule has 0 aliphatic heterocycles. The van der Waals surface area contributed by atoms with Crippen molar-refractivity contribution in [3.8, 4) is 10.6 Å². The van der Waals surface area contributed by atoms with Crippen molar-refractivity contribution in [2.45, 2.75) is 12.6 Å². The summed E-state index contributed by atoms with van der Waals surface area (Å²) in [4.78, 5) is 28.0. The molecular weight excluding hydrogens is 410 g/mol. The van der Waals surface area contributed by atoms with Crippen LogP contribution in [-0.4, -0.2) is 16.8 Å². The number of carbonyl (C=O) groups is 2. The fourth-order valence-corrected chi connectivity index (χ4v) is 3.16. The van der Waals surface area contributed by atoms with Gasteiger partial charge in [0.2, 0.25) is 5.91 Å². The van der Waals surface area contributed by atoms with Gasteiger partial charge in [-0.15, -0.1) is 11.3 Å². The molecule has 0 radical (unpaired) electrons. The number of nitrogens with one attached hydrogen (secondary N) is 2. The summed E-state index contributed by atoms with van der Waals surface area (Å²) in [6.07, 6.45) is -4.55. The van der Waals surface area contributed by atoms with E-state index in [-0.39, 0.29) is 12.0 Å². The van der Waals surface area contributed by atoms with E-state index in [1.54, 1.807) is 5.38 Å². The van der Waals surface area contributed by atoms with Crippen LogP contribution in [0.2, 0.25) is 0 Å². The molecule has 0 saturated carbocycles. The Morgan fingerprint density at radius 3 is 2.24 bits per heavy atom. The van der Waals surface area contributed by atoms with E-state index in [1.807, 2.05) is 0 Å². The Labute approximate surface area is 166 Å². The third-order valence-electron chi connectivity index (χ3n) is 3.77. The van der Waals surface area contributed by atoms with Crippen molar-refractivity contribution >= 4 is 23.2 Å². The van der Waals surface area contributed by atoms with Gasteiger partial charge in [0.05, 0.1) is 17.7 Å². The van der Waals surface area contributed by atoms with E-state index in [2.05, 4.69) is 15.8 Å². The molecule has 5 nitrogen and oxygen atoms in total. The summed E-state index contributed by atoms with van der Waals surface area (Å²) in [6, 6.07) is 9.34. The molecule has 1 heterocycles. The molecule has 0 fully saturated rings. The SMILES string of the molecule is O=C(Cc1csc(-c2ccc(C(F)(F)F)cc2)n1)NNC(=O)c1ccc(F)cc1. The molecule has 0 unspecified atom stereocenters. The molecule has 0 bridgehead atoms. The quantitative estimate of drug-likeness (QED) is 0.493. The summed E-state index contributed by atoms with van der Waals surface area (Å²) in [7, 11) is 0. The number of alkyl halides is 3. The summed E-state index contributed by atoms with van der Waals surface area (Å²) in [5.74, 6) is -1.63. The largest absolute Gasteiger partial charge is 0.416 e. The van der Waals surface area contributed by atoms with Gasteiger partial charge in [-0.05, 0) is 36.4 Å². The minimum absolute atomic E-state index is 0.138. The molecule has 3 rings (SSSR count). The van der Waals surface area contributed by atoms with E-state index < -0.39 is 29.4 Å². The van der Waals surface area contributed by atoms with Crippen molar-refractivity contribution in [3.63, 3.8) is 0 Å². The minimum atomic E-state index is -4.41. The van der Waals surface area contributed by atoms with Crippen LogP contribution in [0.4, 0.5) is 17.6 Å². The summed E-state index contributed by atoms with van der Waals surface area (Å²) in [5, 5.41) is 2.07. The summed E-state index contributed by atoms with van der Waals surface area (Å²) in [6.45, 7) is 0. The predicted octanol–water partition coefficient (Wildman–Crippen LogP) is 3.97. The maximum absolute atomic E-state index is 12.8. The molecule has 0 atom stereocenters. The highest BCUT2D eigenvalue weighted by Gasteiger charge is 2.30. The molecule has 2 amide bonds. The number of hydrogen-bond acceptors (Lipinski definition) is 4. The number of rotatable bonds is 4. The summed E-state index contributed by atoms with van der Waals surface area (Å²) >= 11 is 1.19. The molecule has 0 aliphatic carbocycles. The van der Waals surface area contributed by atoms with E-state index >= 15 is 0 Å². The van der Waals surface area contributed by atoms with Crippen molar-refractivity contribution in [3.05, 3.63) is 76.5 Å². The lowest BCUT2D eigenvalue weighted by atomic mass is 10.1. The lowest BCUT2D eigenvalue weighted by Gasteiger charge is -2.07. The number of nitrogens with zero attached hydrogens (tertiary/aromatic N) is 1. The second kappa shape index (κ2) is 8.39. The van der Waals surface area contributed by atoms with Gasteiger partial charge in [0, 0.05) is 16.5 Å². The van der Waals surface area contributed by atoms with Crippen LogP contribution in [0.15, 0.2) is 53.9 Å². The second-order valence-electron chi connectivity index (χ2n) is 5.91. The highest BCUT2D eigenvalue weighted by atomic mass is 32.1. The fourth-order valence-electron chi connectivity index (χ4n) is 2.33. The van der Waals surface area contributed by atoms with Crippen molar-refractivity contribution in [1.82, 2.24) is 15.8 Å². The Balaban J connectivity index is 1.56. The fraction of sp³-hybridized carbons (Fsp3) is 0.105. The lowest BCUT2D eigenvalue weighted by molar-refractivity contribution is -0.137. The maximum Gasteiger partial charge on any atom is 0.416 e. The van der Waals surface area contributed by atoms with Gasteiger partial charge in [0.1, 0.15) is 10.8 Å². The van der Waals surface area contributed by atoms with Crippen LogP contribution in [0.1, 0.15) is 21.6 Å². The number of halogens is 4. The molecular formula is C19H13F4N3O2S. The lowest BCUT2D eigenvalue weighted by Crippen LogP contribution is -2.42. The van der Waals surface area contributed by atoms with E-state index in [0.29, 0.717) is 16.3 Å². The van der Waals surface area contributed by atoms with Crippen LogP contribution in [0.5, 0.6) is 0 Å². The summed E-state index contributed by atoms with van der Waals surface area (Å²) in [5.41, 5.74) is 4.75. The number of carbonyl (C=O) groups excluding carboxylic acids is 2. The molecule has 0 saturated heterocycles. The Kier molecular flexibility index (Phi) is 5.92. The zero-order valence-corrected chi connectivity index (χ0v) is 15.4. The van der Waals surface area contributed by atoms with Crippen molar-refractivity contribution in [1.29, 1.82) is 0 Å². The second-order valence-corrected chi connectivity index (χ2v) is 6.76. The average molecular weight is 423 g/mol. The van der Waals surface area contributed by atoms with Gasteiger partial charge in [-0.25, -0.2) is 9.37 Å². The Morgan fingerprint density at radius 2 is 1.62 bits per heavy atom. The Morgan fingerprint density at radius 1 is 0.966 bits per heavy atom. The van der Waals surface area contributed by atoms with Crippen LogP contribution < -0.4 is 10.9 Å². The molecule has 29 heavy (non-hydrogen) atoms. The van der Waals surface area contributed by atoms with Gasteiger partial charge < -0.3 is 0 Å². The van der Waals surface area contributed by atoms with E-state index in [1.165, 1.54) is 35.6 Å². The van der Waals surface area contributed by atoms with Crippen molar-refractivity contribution in [2.75, 3.05) is 0 Å². The first-order chi connectivity index (χ1) is 13.7. The van der Waals surface area contributed by atoms with Crippen molar-refractivity contribution < 1.29 is 27.2 Å². The van der Waals surface area contributed by atoms with Crippen LogP contribution in [0, 0.1) is 5.82 Å². The van der Waals surface area contributed by atoms with Crippen LogP contribution in [-0.2, 0) is 17.4 Å². The first kappa shape index (κ1) is 20.5. The van der Waals surface area contributed by atoms with Gasteiger partial charge >= 0.3 is 6.18 Å². The molecule has 3 aromatic rings. The van der Waals surface area contributed by atoms with Crippen molar-refractivity contribution in [2.24, 2.45) is 0 Å². The number of hydrazine groups is 1. The zero-order valence-electron chi connectivity index (χ0n) is 14.6. The smallest absolute Gasteiger partial charge is 0.273 e. The molecule has 2 aromatic carbocycles. The molecule has 0 spiro atoms. The number of aromatic nitrogens is 1. The third-order valence-corrected chi connectivity index (χ3v) is 4.71. The van der Waals surface area contributed by atoms with Crippen LogP contribution >= 0.6 is 11.3 Å². The molecule has 2 N–H and O–H groups in total. The van der Waals surface area contributed by atoms with E-state index in [4.69, 9.17) is 0 Å². The Bertz CT molecular complexity index is 1020. The molecule has 1 aromatic heterocycles. The average Bonchev–Trinajstić information content (AvgIpc) is 3.14. The monoisotopic (exact) mass is 423 g/mol. The van der Waals surface area contributed by atoms with Gasteiger partial charge in [-0.2, -0.15) is 13.2 Å². The van der Waals surface area contributed by atoms with E-state index in [0.717, 1.165) is 24.3 Å². The molecule has 0 aliphatic rings. The Hall–Kier alpha value is -3.27. The first-order valence-corrected chi connectivity index (χ1v) is 9.07. The third kappa shape index (κ3) is 5.38. The normalized spacial score (nSPS) is 11.2. The van der Waals surface area contributed by atoms with Crippen LogP contribution in [0.3, 0.4) is 0 Å². The van der Waals surface area contributed by atoms with Gasteiger partial charge in [0.15, 0.2) is 0 Å². The topological polar surface area (TPSA) is 71.1 Å². The number of benzene rings is 2. The number of thiazole rings is 1.